The van der Waals surface area contributed by atoms with Crippen molar-refractivity contribution in [2.75, 3.05) is 26.1 Å². The zero-order valence-electron chi connectivity index (χ0n) is 12.2. The molecule has 0 aliphatic rings. The molecular weight excluding hydrogens is 244 g/mol. The van der Waals surface area contributed by atoms with E-state index in [1.165, 1.54) is 0 Å². The average molecular weight is 266 g/mol. The number of hydrogen-bond acceptors (Lipinski definition) is 4. The molecule has 0 unspecified atom stereocenters. The molecule has 0 bridgehead atoms. The molecule has 0 aliphatic carbocycles. The lowest BCUT2D eigenvalue weighted by molar-refractivity contribution is -0.123. The molecule has 1 amide bonds. The smallest absolute Gasteiger partial charge is 0.231 e. The van der Waals surface area contributed by atoms with E-state index in [1.807, 2.05) is 13.0 Å². The monoisotopic (exact) mass is 266 g/mol. The Balaban J connectivity index is 3.09. The number of benzene rings is 1. The van der Waals surface area contributed by atoms with E-state index in [4.69, 9.17) is 15.2 Å². The van der Waals surface area contributed by atoms with Gasteiger partial charge >= 0.3 is 0 Å². The van der Waals surface area contributed by atoms with Gasteiger partial charge in [0.05, 0.1) is 25.3 Å². The van der Waals surface area contributed by atoms with Crippen LogP contribution in [-0.2, 0) is 4.79 Å². The van der Waals surface area contributed by atoms with Gasteiger partial charge in [0.15, 0.2) is 0 Å². The molecule has 0 fully saturated rings. The Morgan fingerprint density at radius 3 is 2.32 bits per heavy atom. The van der Waals surface area contributed by atoms with Crippen molar-refractivity contribution in [1.29, 1.82) is 0 Å². The van der Waals surface area contributed by atoms with Crippen molar-refractivity contribution in [3.05, 3.63) is 17.7 Å². The van der Waals surface area contributed by atoms with Crippen LogP contribution in [0.5, 0.6) is 11.5 Å². The number of amides is 1. The topological polar surface area (TPSA) is 73.6 Å². The van der Waals surface area contributed by atoms with E-state index < -0.39 is 5.41 Å². The maximum Gasteiger partial charge on any atom is 0.231 e. The van der Waals surface area contributed by atoms with Crippen molar-refractivity contribution in [3.63, 3.8) is 0 Å². The van der Waals surface area contributed by atoms with Gasteiger partial charge in [-0.3, -0.25) is 4.79 Å². The van der Waals surface area contributed by atoms with Gasteiger partial charge in [-0.2, -0.15) is 0 Å². The van der Waals surface area contributed by atoms with Crippen LogP contribution in [0.1, 0.15) is 19.4 Å². The van der Waals surface area contributed by atoms with Gasteiger partial charge in [-0.1, -0.05) is 0 Å². The van der Waals surface area contributed by atoms with E-state index >= 15 is 0 Å². The maximum absolute atomic E-state index is 12.1. The first-order chi connectivity index (χ1) is 8.85. The van der Waals surface area contributed by atoms with E-state index in [1.54, 1.807) is 34.1 Å². The molecule has 0 aromatic heterocycles. The number of carbonyl (C=O) groups is 1. The predicted octanol–water partition coefficient (Wildman–Crippen LogP) is 1.94. The molecule has 0 radical (unpaired) electrons. The van der Waals surface area contributed by atoms with Crippen LogP contribution < -0.4 is 20.5 Å². The molecule has 1 rings (SSSR count). The summed E-state index contributed by atoms with van der Waals surface area (Å²) in [5, 5.41) is 2.83. The summed E-state index contributed by atoms with van der Waals surface area (Å²) in [4.78, 5) is 12.1. The average Bonchev–Trinajstić information content (AvgIpc) is 2.39. The third-order valence-corrected chi connectivity index (χ3v) is 3.09. The lowest BCUT2D eigenvalue weighted by atomic mass is 9.92. The highest BCUT2D eigenvalue weighted by molar-refractivity contribution is 5.96. The van der Waals surface area contributed by atoms with E-state index in [0.717, 1.165) is 5.56 Å². The van der Waals surface area contributed by atoms with E-state index in [0.29, 0.717) is 17.2 Å². The predicted molar refractivity (Wildman–Crippen MR) is 75.7 cm³/mol. The van der Waals surface area contributed by atoms with Crippen LogP contribution in [-0.4, -0.2) is 26.7 Å². The minimum atomic E-state index is -0.636. The molecule has 0 saturated carbocycles. The van der Waals surface area contributed by atoms with Gasteiger partial charge in [-0.15, -0.1) is 0 Å². The van der Waals surface area contributed by atoms with Crippen LogP contribution in [0.25, 0.3) is 0 Å². The van der Waals surface area contributed by atoms with Gasteiger partial charge in [0, 0.05) is 12.6 Å². The number of nitrogens with one attached hydrogen (secondary N) is 1. The second kappa shape index (κ2) is 5.93. The molecule has 19 heavy (non-hydrogen) atoms. The van der Waals surface area contributed by atoms with Crippen molar-refractivity contribution in [3.8, 4) is 11.5 Å². The standard InChI is InChI=1S/C14H22N2O3/c1-9-6-12(19-5)10(7-11(9)18-4)16-13(17)14(2,3)8-15/h6-7H,8,15H2,1-5H3,(H,16,17). The van der Waals surface area contributed by atoms with Crippen LogP contribution in [0.2, 0.25) is 0 Å². The summed E-state index contributed by atoms with van der Waals surface area (Å²) in [7, 11) is 3.15. The summed E-state index contributed by atoms with van der Waals surface area (Å²) in [6.07, 6.45) is 0. The summed E-state index contributed by atoms with van der Waals surface area (Å²) in [5.41, 5.74) is 6.48. The highest BCUT2D eigenvalue weighted by Gasteiger charge is 2.26. The van der Waals surface area contributed by atoms with Crippen LogP contribution in [0.15, 0.2) is 12.1 Å². The molecule has 0 aliphatic heterocycles. The van der Waals surface area contributed by atoms with Crippen LogP contribution >= 0.6 is 0 Å². The lowest BCUT2D eigenvalue weighted by Gasteiger charge is -2.22. The highest BCUT2D eigenvalue weighted by atomic mass is 16.5. The fourth-order valence-electron chi connectivity index (χ4n) is 1.53. The first kappa shape index (κ1) is 15.3. The number of aryl methyl sites for hydroxylation is 1. The summed E-state index contributed by atoms with van der Waals surface area (Å²) in [6, 6.07) is 3.57. The van der Waals surface area contributed by atoms with E-state index in [2.05, 4.69) is 5.32 Å². The SMILES string of the molecule is COc1cc(NC(=O)C(C)(C)CN)c(OC)cc1C. The van der Waals surface area contributed by atoms with Crippen LogP contribution in [0.4, 0.5) is 5.69 Å². The van der Waals surface area contributed by atoms with Gasteiger partial charge in [-0.05, 0) is 32.4 Å². The normalized spacial score (nSPS) is 11.1. The second-order valence-corrected chi connectivity index (χ2v) is 5.06. The maximum atomic E-state index is 12.1. The number of carbonyl (C=O) groups excluding carboxylic acids is 1. The van der Waals surface area contributed by atoms with Crippen molar-refractivity contribution in [1.82, 2.24) is 0 Å². The van der Waals surface area contributed by atoms with Gasteiger partial charge in [0.2, 0.25) is 5.91 Å². The van der Waals surface area contributed by atoms with Crippen molar-refractivity contribution < 1.29 is 14.3 Å². The number of hydrogen-bond donors (Lipinski definition) is 2. The van der Waals surface area contributed by atoms with Gasteiger partial charge in [-0.25, -0.2) is 0 Å². The first-order valence-corrected chi connectivity index (χ1v) is 6.10. The van der Waals surface area contributed by atoms with Gasteiger partial charge in [0.1, 0.15) is 11.5 Å². The Kier molecular flexibility index (Phi) is 4.78. The minimum absolute atomic E-state index is 0.154. The molecule has 1 aromatic carbocycles. The Morgan fingerprint density at radius 2 is 1.84 bits per heavy atom. The molecule has 0 saturated heterocycles. The molecule has 0 spiro atoms. The first-order valence-electron chi connectivity index (χ1n) is 6.10. The zero-order chi connectivity index (χ0) is 14.6. The minimum Gasteiger partial charge on any atom is -0.496 e. The Morgan fingerprint density at radius 1 is 1.26 bits per heavy atom. The summed E-state index contributed by atoms with van der Waals surface area (Å²) < 4.78 is 10.5. The van der Waals surface area contributed by atoms with Crippen molar-refractivity contribution in [2.24, 2.45) is 11.1 Å². The Hall–Kier alpha value is -1.75. The number of nitrogens with two attached hydrogens (primary N) is 1. The third-order valence-electron chi connectivity index (χ3n) is 3.09. The fraction of sp³-hybridized carbons (Fsp3) is 0.500. The molecule has 5 heteroatoms. The Labute approximate surface area is 114 Å². The highest BCUT2D eigenvalue weighted by Crippen LogP contribution is 2.33. The van der Waals surface area contributed by atoms with Gasteiger partial charge in [0.25, 0.3) is 0 Å². The summed E-state index contributed by atoms with van der Waals surface area (Å²) in [5.74, 6) is 1.14. The number of methoxy groups -OCH3 is 2. The molecule has 106 valence electrons. The second-order valence-electron chi connectivity index (χ2n) is 5.06. The number of anilines is 1. The summed E-state index contributed by atoms with van der Waals surface area (Å²) in [6.45, 7) is 5.77. The summed E-state index contributed by atoms with van der Waals surface area (Å²) >= 11 is 0. The van der Waals surface area contributed by atoms with Crippen molar-refractivity contribution >= 4 is 11.6 Å². The van der Waals surface area contributed by atoms with Crippen molar-refractivity contribution in [2.45, 2.75) is 20.8 Å². The molecule has 0 atom stereocenters. The fourth-order valence-corrected chi connectivity index (χ4v) is 1.53. The number of ether oxygens (including phenoxy) is 2. The zero-order valence-corrected chi connectivity index (χ0v) is 12.2. The number of rotatable bonds is 5. The largest absolute Gasteiger partial charge is 0.496 e. The molecular formula is C14H22N2O3. The quantitative estimate of drug-likeness (QED) is 0.854. The van der Waals surface area contributed by atoms with Crippen LogP contribution in [0.3, 0.4) is 0 Å². The van der Waals surface area contributed by atoms with E-state index in [9.17, 15) is 4.79 Å². The van der Waals surface area contributed by atoms with E-state index in [-0.39, 0.29) is 12.5 Å². The lowest BCUT2D eigenvalue weighted by Crippen LogP contribution is -2.37. The molecule has 5 nitrogen and oxygen atoms in total. The molecule has 3 N–H and O–H groups in total. The molecule has 1 aromatic rings. The third kappa shape index (κ3) is 3.38. The van der Waals surface area contributed by atoms with Gasteiger partial charge < -0.3 is 20.5 Å². The molecule has 0 heterocycles. The Bertz CT molecular complexity index is 470. The van der Waals surface area contributed by atoms with Crippen LogP contribution in [0, 0.1) is 12.3 Å².